The highest BCUT2D eigenvalue weighted by Gasteiger charge is 2.32. The van der Waals surface area contributed by atoms with E-state index in [0.29, 0.717) is 54.7 Å². The van der Waals surface area contributed by atoms with Gasteiger partial charge in [0, 0.05) is 49.6 Å². The van der Waals surface area contributed by atoms with Crippen molar-refractivity contribution >= 4 is 23.3 Å². The van der Waals surface area contributed by atoms with Crippen LogP contribution in [-0.4, -0.2) is 85.2 Å². The van der Waals surface area contributed by atoms with Crippen molar-refractivity contribution in [3.8, 4) is 17.2 Å². The van der Waals surface area contributed by atoms with Crippen molar-refractivity contribution in [1.82, 2.24) is 9.80 Å². The van der Waals surface area contributed by atoms with Crippen LogP contribution in [0.3, 0.4) is 0 Å². The first-order valence-electron chi connectivity index (χ1n) is 17.5. The predicted molar refractivity (Wildman–Crippen MR) is 190 cm³/mol. The number of likely N-dealkylation sites (N-methyl/N-ethyl adjacent to an activating group) is 1. The van der Waals surface area contributed by atoms with E-state index in [1.165, 1.54) is 12.1 Å². The molecule has 3 aromatic carbocycles. The van der Waals surface area contributed by atoms with Gasteiger partial charge in [-0.1, -0.05) is 19.1 Å². The van der Waals surface area contributed by atoms with Gasteiger partial charge >= 0.3 is 12.2 Å². The van der Waals surface area contributed by atoms with Crippen molar-refractivity contribution in [2.24, 2.45) is 5.92 Å². The van der Waals surface area contributed by atoms with Crippen LogP contribution >= 0.6 is 0 Å². The zero-order valence-electron chi connectivity index (χ0n) is 29.9. The van der Waals surface area contributed by atoms with Crippen LogP contribution in [-0.2, 0) is 17.5 Å². The summed E-state index contributed by atoms with van der Waals surface area (Å²) >= 11 is 0. The number of nitrogens with zero attached hydrogens (tertiary/aromatic N) is 2. The maximum absolute atomic E-state index is 14.4. The minimum atomic E-state index is -4.40. The number of aliphatic hydroxyl groups is 1. The van der Waals surface area contributed by atoms with Crippen molar-refractivity contribution in [3.05, 3.63) is 77.4 Å². The molecule has 0 radical (unpaired) electrons. The summed E-state index contributed by atoms with van der Waals surface area (Å²) < 4.78 is 62.7. The number of aliphatic hydroxyl groups excluding tert-OH is 1. The molecule has 0 fully saturated rings. The second kappa shape index (κ2) is 17.3. The summed E-state index contributed by atoms with van der Waals surface area (Å²) in [5, 5.41) is 15.8. The number of halogens is 3. The molecule has 282 valence electrons. The number of amides is 3. The summed E-state index contributed by atoms with van der Waals surface area (Å²) in [7, 11) is 1.88. The number of hydrogen-bond donors (Lipinski definition) is 3. The van der Waals surface area contributed by atoms with Crippen LogP contribution in [0.1, 0.15) is 61.5 Å². The molecule has 0 bridgehead atoms. The Bertz CT molecular complexity index is 1670. The van der Waals surface area contributed by atoms with Gasteiger partial charge in [-0.15, -0.1) is 0 Å². The molecule has 0 aromatic heterocycles. The zero-order valence-corrected chi connectivity index (χ0v) is 29.9. The molecule has 0 saturated carbocycles. The van der Waals surface area contributed by atoms with Crippen LogP contribution < -0.4 is 24.8 Å². The van der Waals surface area contributed by atoms with Crippen molar-refractivity contribution in [2.75, 3.05) is 50.8 Å². The van der Waals surface area contributed by atoms with E-state index >= 15 is 0 Å². The quantitative estimate of drug-likeness (QED) is 0.227. The number of hydrogen-bond acceptors (Lipinski definition) is 8. The third kappa shape index (κ3) is 10.3. The van der Waals surface area contributed by atoms with E-state index in [1.54, 1.807) is 48.2 Å². The lowest BCUT2D eigenvalue weighted by molar-refractivity contribution is -0.137. The normalized spacial score (nSPS) is 20.4. The molecule has 0 saturated heterocycles. The number of benzene rings is 3. The third-order valence-corrected chi connectivity index (χ3v) is 9.17. The van der Waals surface area contributed by atoms with E-state index in [2.05, 4.69) is 10.6 Å². The summed E-state index contributed by atoms with van der Waals surface area (Å²) in [5.74, 6) is 0.885. The van der Waals surface area contributed by atoms with Crippen LogP contribution in [0.25, 0.3) is 0 Å². The monoisotopic (exact) mass is 728 g/mol. The molecule has 14 heteroatoms. The Hall–Kier alpha value is -4.53. The topological polar surface area (TPSA) is 122 Å². The van der Waals surface area contributed by atoms with Gasteiger partial charge in [0.15, 0.2) is 11.5 Å². The van der Waals surface area contributed by atoms with Gasteiger partial charge in [-0.05, 0) is 88.2 Å². The lowest BCUT2D eigenvalue weighted by atomic mass is 10.0. The number of urea groups is 1. The highest BCUT2D eigenvalue weighted by Crippen LogP contribution is 2.35. The van der Waals surface area contributed by atoms with Gasteiger partial charge in [-0.25, -0.2) is 4.79 Å². The van der Waals surface area contributed by atoms with E-state index in [4.69, 9.17) is 18.9 Å². The largest absolute Gasteiger partial charge is 0.490 e. The van der Waals surface area contributed by atoms with Crippen LogP contribution in [0.5, 0.6) is 17.2 Å². The molecule has 3 amide bonds. The Balaban J connectivity index is 1.34. The van der Waals surface area contributed by atoms with Crippen molar-refractivity contribution in [2.45, 2.75) is 71.0 Å². The Labute approximate surface area is 302 Å². The van der Waals surface area contributed by atoms with Gasteiger partial charge in [0.25, 0.3) is 5.91 Å². The second-order valence-electron chi connectivity index (χ2n) is 13.5. The SMILES string of the molecule is C[C@@H]1CCCCO[C@@H](CN(C)Cc2ccc(C(F)(F)F)cc2)[C@H](C)CN([C@@H](C)CO)C(=O)c2cc(NC(=O)Nc3ccc4c(c3)OCO4)ccc2O1. The van der Waals surface area contributed by atoms with Gasteiger partial charge in [-0.2, -0.15) is 13.2 Å². The van der Waals surface area contributed by atoms with Crippen LogP contribution in [0, 0.1) is 5.92 Å². The Morgan fingerprint density at radius 2 is 1.65 bits per heavy atom. The molecular formula is C38H47F3N4O7. The first-order chi connectivity index (χ1) is 24.8. The average Bonchev–Trinajstić information content (AvgIpc) is 3.57. The summed E-state index contributed by atoms with van der Waals surface area (Å²) in [6.45, 7) is 7.06. The summed E-state index contributed by atoms with van der Waals surface area (Å²) in [5.41, 5.74) is 1.12. The zero-order chi connectivity index (χ0) is 37.4. The maximum atomic E-state index is 14.4. The van der Waals surface area contributed by atoms with E-state index < -0.39 is 23.8 Å². The highest BCUT2D eigenvalue weighted by atomic mass is 19.4. The molecule has 0 unspecified atom stereocenters. The van der Waals surface area contributed by atoms with E-state index in [0.717, 1.165) is 30.5 Å². The number of anilines is 2. The van der Waals surface area contributed by atoms with Crippen molar-refractivity contribution in [1.29, 1.82) is 0 Å². The summed E-state index contributed by atoms with van der Waals surface area (Å²) in [4.78, 5) is 31.0. The van der Waals surface area contributed by atoms with E-state index in [1.807, 2.05) is 25.8 Å². The molecule has 5 rings (SSSR count). The third-order valence-electron chi connectivity index (χ3n) is 9.17. The standard InChI is InChI=1S/C38H47F3N4O7/c1-24-19-45(25(2)22-46)36(47)31-17-29(42-37(48)43-30-13-15-33-34(18-30)51-23-50-33)12-14-32(31)52-26(3)7-5-6-16-49-35(24)21-44(4)20-27-8-10-28(11-9-27)38(39,40)41/h8-15,17-18,24-26,35,46H,5-7,16,19-23H2,1-4H3,(H2,42,43,48)/t24-,25+,26-,35+/m1/s1. The van der Waals surface area contributed by atoms with Crippen molar-refractivity contribution < 1.29 is 46.8 Å². The van der Waals surface area contributed by atoms with Gasteiger partial charge in [-0.3, -0.25) is 9.69 Å². The van der Waals surface area contributed by atoms with E-state index in [-0.39, 0.29) is 49.5 Å². The minimum Gasteiger partial charge on any atom is -0.490 e. The highest BCUT2D eigenvalue weighted by molar-refractivity contribution is 6.02. The molecule has 0 spiro atoms. The fourth-order valence-corrected chi connectivity index (χ4v) is 6.21. The van der Waals surface area contributed by atoms with Gasteiger partial charge in [0.05, 0.1) is 36.0 Å². The first-order valence-corrected chi connectivity index (χ1v) is 17.5. The smallest absolute Gasteiger partial charge is 0.416 e. The van der Waals surface area contributed by atoms with Crippen LogP contribution in [0.15, 0.2) is 60.7 Å². The van der Waals surface area contributed by atoms with Crippen LogP contribution in [0.2, 0.25) is 0 Å². The molecule has 11 nitrogen and oxygen atoms in total. The number of fused-ring (bicyclic) bond motifs is 2. The fourth-order valence-electron chi connectivity index (χ4n) is 6.21. The van der Waals surface area contributed by atoms with E-state index in [9.17, 15) is 27.9 Å². The van der Waals surface area contributed by atoms with Gasteiger partial charge in [0.1, 0.15) is 5.75 Å². The number of alkyl halides is 3. The number of nitrogens with one attached hydrogen (secondary N) is 2. The van der Waals surface area contributed by atoms with Gasteiger partial charge < -0.3 is 39.6 Å². The fraction of sp³-hybridized carbons (Fsp3) is 0.474. The molecule has 3 aromatic rings. The molecule has 2 heterocycles. The average molecular weight is 729 g/mol. The lowest BCUT2D eigenvalue weighted by Crippen LogP contribution is -2.47. The lowest BCUT2D eigenvalue weighted by Gasteiger charge is -2.36. The first kappa shape index (κ1) is 38.7. The minimum absolute atomic E-state index is 0.107. The molecule has 2 aliphatic heterocycles. The molecule has 52 heavy (non-hydrogen) atoms. The predicted octanol–water partition coefficient (Wildman–Crippen LogP) is 7.01. The molecule has 2 aliphatic rings. The molecule has 0 aliphatic carbocycles. The summed E-state index contributed by atoms with van der Waals surface area (Å²) in [6, 6.07) is 14.0. The van der Waals surface area contributed by atoms with Crippen molar-refractivity contribution in [3.63, 3.8) is 0 Å². The number of rotatable bonds is 8. The summed E-state index contributed by atoms with van der Waals surface area (Å²) in [6.07, 6.45) is -2.65. The number of carbonyl (C=O) groups excluding carboxylic acids is 2. The Morgan fingerprint density at radius 3 is 2.35 bits per heavy atom. The maximum Gasteiger partial charge on any atom is 0.416 e. The number of ether oxygens (including phenoxy) is 4. The molecule has 3 N–H and O–H groups in total. The van der Waals surface area contributed by atoms with Gasteiger partial charge in [0.2, 0.25) is 6.79 Å². The number of carbonyl (C=O) groups is 2. The molecular weight excluding hydrogens is 681 g/mol. The van der Waals surface area contributed by atoms with Crippen LogP contribution in [0.4, 0.5) is 29.3 Å². The molecule has 4 atom stereocenters. The Kier molecular flexibility index (Phi) is 12.9. The Morgan fingerprint density at radius 1 is 0.981 bits per heavy atom. The second-order valence-corrected chi connectivity index (χ2v) is 13.5.